The molecule has 9 nitrogen and oxygen atoms in total. The first-order chi connectivity index (χ1) is 17.0. The minimum atomic E-state index is -1.32. The molecule has 1 unspecified atom stereocenters. The zero-order valence-corrected chi connectivity index (χ0v) is 19.6. The third-order valence-corrected chi connectivity index (χ3v) is 6.64. The second-order valence-corrected chi connectivity index (χ2v) is 8.83. The topological polar surface area (TPSA) is 123 Å². The number of hydroxylamine groups is 1. The van der Waals surface area contributed by atoms with E-state index in [4.69, 9.17) is 19.4 Å². The number of alkyl carbamates (subject to hydrolysis) is 1. The van der Waals surface area contributed by atoms with Gasteiger partial charge in [-0.1, -0.05) is 61.4 Å². The van der Waals surface area contributed by atoms with Gasteiger partial charge in [-0.15, -0.1) is 0 Å². The molecule has 0 saturated heterocycles. The summed E-state index contributed by atoms with van der Waals surface area (Å²) in [5.74, 6) is -2.33. The van der Waals surface area contributed by atoms with Crippen molar-refractivity contribution in [2.75, 3.05) is 20.3 Å². The van der Waals surface area contributed by atoms with Gasteiger partial charge in [0, 0.05) is 19.1 Å². The third kappa shape index (κ3) is 5.63. The zero-order valence-electron chi connectivity index (χ0n) is 19.6. The molecule has 0 aromatic heterocycles. The van der Waals surface area contributed by atoms with E-state index in [1.165, 1.54) is 7.11 Å². The molecule has 1 fully saturated rings. The fraction of sp³-hybridized carbons (Fsp3) is 0.423. The zero-order chi connectivity index (χ0) is 24.8. The summed E-state index contributed by atoms with van der Waals surface area (Å²) >= 11 is 0. The number of hydrogen-bond acceptors (Lipinski definition) is 6. The monoisotopic (exact) mass is 482 g/mol. The molecule has 0 bridgehead atoms. The predicted molar refractivity (Wildman–Crippen MR) is 126 cm³/mol. The van der Waals surface area contributed by atoms with E-state index in [0.717, 1.165) is 35.1 Å². The summed E-state index contributed by atoms with van der Waals surface area (Å²) in [6.45, 7) is -0.0223. The smallest absolute Gasteiger partial charge is 0.407 e. The Hall–Kier alpha value is -3.43. The van der Waals surface area contributed by atoms with Crippen LogP contribution in [0.15, 0.2) is 48.5 Å². The Kier molecular flexibility index (Phi) is 7.99. The second-order valence-electron chi connectivity index (χ2n) is 8.83. The molecule has 35 heavy (non-hydrogen) atoms. The van der Waals surface area contributed by atoms with E-state index in [1.807, 2.05) is 24.3 Å². The molecule has 0 radical (unpaired) electrons. The van der Waals surface area contributed by atoms with Crippen molar-refractivity contribution in [1.82, 2.24) is 10.8 Å². The van der Waals surface area contributed by atoms with Crippen LogP contribution < -0.4 is 10.8 Å². The van der Waals surface area contributed by atoms with Crippen molar-refractivity contribution in [1.29, 1.82) is 0 Å². The molecule has 0 spiro atoms. The fourth-order valence-electron chi connectivity index (χ4n) is 4.92. The average Bonchev–Trinajstić information content (AvgIpc) is 3.19. The second kappa shape index (κ2) is 11.3. The largest absolute Gasteiger partial charge is 0.479 e. The molecule has 0 aliphatic heterocycles. The molecule has 1 saturated carbocycles. The Morgan fingerprint density at radius 1 is 1.00 bits per heavy atom. The lowest BCUT2D eigenvalue weighted by molar-refractivity contribution is -0.166. The highest BCUT2D eigenvalue weighted by molar-refractivity contribution is 5.81. The van der Waals surface area contributed by atoms with Gasteiger partial charge >= 0.3 is 12.1 Å². The van der Waals surface area contributed by atoms with Gasteiger partial charge in [-0.3, -0.25) is 9.63 Å². The SMILES string of the molecule is COCC(ONC(=O)[C@@H]1CCCC[C@@H]1NC(=O)OCC1c2ccccc2-c2ccccc21)C(=O)O. The number of carboxylic acids is 1. The van der Waals surface area contributed by atoms with Gasteiger partial charge in [-0.2, -0.15) is 0 Å². The fourth-order valence-corrected chi connectivity index (χ4v) is 4.92. The number of methoxy groups -OCH3 is 1. The maximum Gasteiger partial charge on any atom is 0.407 e. The third-order valence-electron chi connectivity index (χ3n) is 6.64. The van der Waals surface area contributed by atoms with Gasteiger partial charge in [-0.05, 0) is 35.1 Å². The molecule has 3 atom stereocenters. The minimum absolute atomic E-state index is 0.0549. The Morgan fingerprint density at radius 2 is 1.63 bits per heavy atom. The highest BCUT2D eigenvalue weighted by Crippen LogP contribution is 2.44. The summed E-state index contributed by atoms with van der Waals surface area (Å²) in [4.78, 5) is 41.6. The number of aliphatic carboxylic acids is 1. The van der Waals surface area contributed by atoms with Gasteiger partial charge in [0.25, 0.3) is 0 Å². The van der Waals surface area contributed by atoms with E-state index in [9.17, 15) is 14.4 Å². The standard InChI is InChI=1S/C26H30N2O7/c1-33-15-23(25(30)31)35-28-24(29)20-12-6-7-13-22(20)27-26(32)34-14-21-18-10-4-2-8-16(18)17-9-3-5-11-19(17)21/h2-5,8-11,20-23H,6-7,12-15H2,1H3,(H,27,32)(H,28,29)(H,30,31)/t20-,22+,23?/m1/s1. The number of nitrogens with one attached hydrogen (secondary N) is 2. The lowest BCUT2D eigenvalue weighted by Crippen LogP contribution is -2.49. The number of benzene rings is 2. The van der Waals surface area contributed by atoms with Crippen molar-refractivity contribution in [3.63, 3.8) is 0 Å². The first-order valence-corrected chi connectivity index (χ1v) is 11.8. The van der Waals surface area contributed by atoms with Crippen LogP contribution in [-0.2, 0) is 23.9 Å². The van der Waals surface area contributed by atoms with Crippen LogP contribution in [0.3, 0.4) is 0 Å². The Morgan fingerprint density at radius 3 is 2.26 bits per heavy atom. The number of fused-ring (bicyclic) bond motifs is 3. The van der Waals surface area contributed by atoms with Gasteiger partial charge in [-0.25, -0.2) is 15.1 Å². The van der Waals surface area contributed by atoms with Crippen LogP contribution in [0.4, 0.5) is 4.79 Å². The lowest BCUT2D eigenvalue weighted by Gasteiger charge is -2.31. The molecule has 2 amide bonds. The van der Waals surface area contributed by atoms with Crippen LogP contribution >= 0.6 is 0 Å². The minimum Gasteiger partial charge on any atom is -0.479 e. The van der Waals surface area contributed by atoms with Gasteiger partial charge in [0.15, 0.2) is 0 Å². The first-order valence-electron chi connectivity index (χ1n) is 11.8. The molecule has 186 valence electrons. The number of carbonyl (C=O) groups is 3. The van der Waals surface area contributed by atoms with E-state index in [1.54, 1.807) is 0 Å². The van der Waals surface area contributed by atoms with Crippen molar-refractivity contribution < 1.29 is 33.8 Å². The van der Waals surface area contributed by atoms with Gasteiger partial charge in [0.05, 0.1) is 12.5 Å². The number of hydrogen-bond donors (Lipinski definition) is 3. The van der Waals surface area contributed by atoms with Gasteiger partial charge in [0.2, 0.25) is 12.0 Å². The number of carboxylic acid groups (broad SMARTS) is 1. The molecule has 2 aliphatic carbocycles. The van der Waals surface area contributed by atoms with E-state index in [-0.39, 0.29) is 19.1 Å². The summed E-state index contributed by atoms with van der Waals surface area (Å²) in [5, 5.41) is 12.0. The maximum absolute atomic E-state index is 12.7. The first kappa shape index (κ1) is 24.7. The highest BCUT2D eigenvalue weighted by atomic mass is 16.7. The number of rotatable bonds is 9. The Balaban J connectivity index is 1.35. The summed E-state index contributed by atoms with van der Waals surface area (Å²) in [7, 11) is 1.34. The molecular formula is C26H30N2O7. The van der Waals surface area contributed by atoms with Gasteiger partial charge < -0.3 is 19.9 Å². The van der Waals surface area contributed by atoms with Crippen molar-refractivity contribution in [2.24, 2.45) is 5.92 Å². The summed E-state index contributed by atoms with van der Waals surface area (Å²) in [6, 6.07) is 15.8. The Bertz CT molecular complexity index is 1030. The van der Waals surface area contributed by atoms with Crippen molar-refractivity contribution in [2.45, 2.75) is 43.7 Å². The van der Waals surface area contributed by atoms with Crippen LogP contribution in [-0.4, -0.2) is 55.5 Å². The molecule has 0 heterocycles. The van der Waals surface area contributed by atoms with Crippen molar-refractivity contribution in [3.05, 3.63) is 59.7 Å². The molecular weight excluding hydrogens is 452 g/mol. The summed E-state index contributed by atoms with van der Waals surface area (Å²) in [5.41, 5.74) is 6.77. The van der Waals surface area contributed by atoms with E-state index < -0.39 is 36.0 Å². The van der Waals surface area contributed by atoms with Crippen LogP contribution in [0.25, 0.3) is 11.1 Å². The van der Waals surface area contributed by atoms with Crippen molar-refractivity contribution in [3.8, 4) is 11.1 Å². The van der Waals surface area contributed by atoms with Gasteiger partial charge in [0.1, 0.15) is 6.61 Å². The molecule has 2 aromatic rings. The molecule has 4 rings (SSSR count). The van der Waals surface area contributed by atoms with E-state index >= 15 is 0 Å². The number of carbonyl (C=O) groups excluding carboxylic acids is 2. The summed E-state index contributed by atoms with van der Waals surface area (Å²) in [6.07, 6.45) is 0.942. The van der Waals surface area contributed by atoms with Crippen LogP contribution in [0.5, 0.6) is 0 Å². The number of amides is 2. The number of ether oxygens (including phenoxy) is 2. The lowest BCUT2D eigenvalue weighted by atomic mass is 9.84. The van der Waals surface area contributed by atoms with E-state index in [0.29, 0.717) is 12.8 Å². The van der Waals surface area contributed by atoms with Crippen molar-refractivity contribution >= 4 is 18.0 Å². The summed E-state index contributed by atoms with van der Waals surface area (Å²) < 4.78 is 10.4. The Labute approximate surface area is 203 Å². The quantitative estimate of drug-likeness (QED) is 0.469. The average molecular weight is 483 g/mol. The molecule has 9 heteroatoms. The molecule has 3 N–H and O–H groups in total. The van der Waals surface area contributed by atoms with E-state index in [2.05, 4.69) is 35.1 Å². The van der Waals surface area contributed by atoms with Crippen LogP contribution in [0, 0.1) is 5.92 Å². The van der Waals surface area contributed by atoms with Crippen LogP contribution in [0.1, 0.15) is 42.7 Å². The molecule has 2 aliphatic rings. The highest BCUT2D eigenvalue weighted by Gasteiger charge is 2.34. The predicted octanol–water partition coefficient (Wildman–Crippen LogP) is 3.23. The maximum atomic E-state index is 12.7. The van der Waals surface area contributed by atoms with Crippen LogP contribution in [0.2, 0.25) is 0 Å². The normalized spacial score (nSPS) is 19.8. The molecule has 2 aromatic carbocycles.